The number of anilines is 2. The molecule has 4 aromatic rings. The summed E-state index contributed by atoms with van der Waals surface area (Å²) in [7, 11) is 0. The van der Waals surface area contributed by atoms with Crippen molar-refractivity contribution in [3.63, 3.8) is 0 Å². The number of ether oxygens (including phenoxy) is 1. The van der Waals surface area contributed by atoms with Crippen LogP contribution in [0.25, 0.3) is 5.65 Å². The van der Waals surface area contributed by atoms with Gasteiger partial charge in [-0.05, 0) is 54.4 Å². The molecule has 0 aliphatic heterocycles. The van der Waals surface area contributed by atoms with E-state index in [1.807, 2.05) is 66.7 Å². The number of nitrogens with one attached hydrogen (secondary N) is 1. The summed E-state index contributed by atoms with van der Waals surface area (Å²) in [6.07, 6.45) is 2.71. The van der Waals surface area contributed by atoms with Crippen LogP contribution < -0.4 is 10.1 Å². The van der Waals surface area contributed by atoms with Crippen LogP contribution in [0.4, 0.5) is 11.5 Å². The van der Waals surface area contributed by atoms with E-state index in [-0.39, 0.29) is 6.61 Å². The Kier molecular flexibility index (Phi) is 5.21. The maximum atomic E-state index is 6.03. The first-order valence-electron chi connectivity index (χ1n) is 8.78. The van der Waals surface area contributed by atoms with Crippen molar-refractivity contribution < 1.29 is 4.74 Å². The molecule has 0 bridgehead atoms. The predicted molar refractivity (Wildman–Crippen MR) is 110 cm³/mol. The third kappa shape index (κ3) is 4.13. The molecule has 0 amide bonds. The first kappa shape index (κ1) is 18.0. The Bertz CT molecular complexity index is 1110. The summed E-state index contributed by atoms with van der Waals surface area (Å²) in [6.45, 7) is 4.01. The molecule has 28 heavy (non-hydrogen) atoms. The number of nitrogens with zero attached hydrogens (tertiary/aromatic N) is 4. The largest absolute Gasteiger partial charge is 0.486 e. The van der Waals surface area contributed by atoms with Gasteiger partial charge in [-0.3, -0.25) is 0 Å². The van der Waals surface area contributed by atoms with Crippen molar-refractivity contribution in [2.45, 2.75) is 13.0 Å². The molecule has 0 saturated carbocycles. The minimum absolute atomic E-state index is 0.260. The van der Waals surface area contributed by atoms with Gasteiger partial charge in [-0.15, -0.1) is 21.9 Å². The Morgan fingerprint density at radius 3 is 2.71 bits per heavy atom. The highest BCUT2D eigenvalue weighted by Gasteiger charge is 2.09. The molecule has 4 rings (SSSR count). The molecule has 0 saturated heterocycles. The summed E-state index contributed by atoms with van der Waals surface area (Å²) in [4.78, 5) is 0. The van der Waals surface area contributed by atoms with Gasteiger partial charge in [0, 0.05) is 10.7 Å². The smallest absolute Gasteiger partial charge is 0.192 e. The van der Waals surface area contributed by atoms with Crippen LogP contribution in [0.5, 0.6) is 5.75 Å². The first-order valence-corrected chi connectivity index (χ1v) is 9.15. The van der Waals surface area contributed by atoms with Crippen LogP contribution in [-0.4, -0.2) is 19.8 Å². The summed E-state index contributed by atoms with van der Waals surface area (Å²) in [6, 6.07) is 19.0. The molecule has 7 heteroatoms. The molecule has 0 aliphatic rings. The molecule has 6 nitrogen and oxygen atoms in total. The minimum Gasteiger partial charge on any atom is -0.486 e. The van der Waals surface area contributed by atoms with E-state index in [4.69, 9.17) is 16.3 Å². The maximum Gasteiger partial charge on any atom is 0.192 e. The highest BCUT2D eigenvalue weighted by Crippen LogP contribution is 2.19. The van der Waals surface area contributed by atoms with Gasteiger partial charge in [0.15, 0.2) is 17.3 Å². The summed E-state index contributed by atoms with van der Waals surface area (Å²) < 4.78 is 7.50. The van der Waals surface area contributed by atoms with Gasteiger partial charge in [-0.1, -0.05) is 35.9 Å². The highest BCUT2D eigenvalue weighted by molar-refractivity contribution is 6.30. The van der Waals surface area contributed by atoms with Crippen molar-refractivity contribution in [1.82, 2.24) is 19.8 Å². The van der Waals surface area contributed by atoms with E-state index in [2.05, 4.69) is 27.2 Å². The normalized spacial score (nSPS) is 10.8. The zero-order valence-corrected chi connectivity index (χ0v) is 15.8. The van der Waals surface area contributed by atoms with Crippen molar-refractivity contribution in [3.05, 3.63) is 89.7 Å². The van der Waals surface area contributed by atoms with Gasteiger partial charge in [0.2, 0.25) is 0 Å². The van der Waals surface area contributed by atoms with E-state index in [1.165, 1.54) is 5.56 Å². The van der Waals surface area contributed by atoms with E-state index >= 15 is 0 Å². The van der Waals surface area contributed by atoms with Crippen LogP contribution in [0.3, 0.4) is 0 Å². The van der Waals surface area contributed by atoms with Crippen molar-refractivity contribution in [1.29, 1.82) is 0 Å². The lowest BCUT2D eigenvalue weighted by atomic mass is 10.1. The average Bonchev–Trinajstić information content (AvgIpc) is 3.10. The summed E-state index contributed by atoms with van der Waals surface area (Å²) in [5, 5.41) is 16.8. The zero-order chi connectivity index (χ0) is 19.3. The molecule has 0 spiro atoms. The topological polar surface area (TPSA) is 64.3 Å². The third-order valence-corrected chi connectivity index (χ3v) is 4.33. The second-order valence-corrected chi connectivity index (χ2v) is 6.60. The number of hydrogen-bond acceptors (Lipinski definition) is 5. The predicted octanol–water partition coefficient (Wildman–Crippen LogP) is 4.83. The lowest BCUT2D eigenvalue weighted by Gasteiger charge is -2.08. The van der Waals surface area contributed by atoms with Crippen molar-refractivity contribution >= 4 is 28.8 Å². The van der Waals surface area contributed by atoms with E-state index in [0.29, 0.717) is 22.3 Å². The summed E-state index contributed by atoms with van der Waals surface area (Å²) in [5.41, 5.74) is 2.69. The van der Waals surface area contributed by atoms with Gasteiger partial charge in [-0.2, -0.15) is 4.52 Å². The molecule has 0 unspecified atom stereocenters. The fourth-order valence-corrected chi connectivity index (χ4v) is 2.93. The van der Waals surface area contributed by atoms with Crippen molar-refractivity contribution in [3.8, 4) is 5.75 Å². The van der Waals surface area contributed by atoms with Crippen LogP contribution in [0.15, 0.2) is 73.3 Å². The molecular formula is C21H18ClN5O. The molecule has 140 valence electrons. The highest BCUT2D eigenvalue weighted by atomic mass is 35.5. The van der Waals surface area contributed by atoms with Crippen LogP contribution >= 0.6 is 11.6 Å². The first-order chi connectivity index (χ1) is 13.7. The maximum absolute atomic E-state index is 6.03. The Hall–Kier alpha value is -3.38. The molecule has 2 aromatic heterocycles. The number of halogens is 1. The van der Waals surface area contributed by atoms with E-state index < -0.39 is 0 Å². The lowest BCUT2D eigenvalue weighted by molar-refractivity contribution is 0.292. The summed E-state index contributed by atoms with van der Waals surface area (Å²) >= 11 is 6.03. The molecule has 0 fully saturated rings. The summed E-state index contributed by atoms with van der Waals surface area (Å²) in [5.74, 6) is 2.03. The molecule has 0 atom stereocenters. The van der Waals surface area contributed by atoms with Gasteiger partial charge < -0.3 is 10.1 Å². The van der Waals surface area contributed by atoms with Gasteiger partial charge in [-0.25, -0.2) is 0 Å². The lowest BCUT2D eigenvalue weighted by Crippen LogP contribution is -2.05. The number of aromatic nitrogens is 4. The van der Waals surface area contributed by atoms with Gasteiger partial charge in [0.05, 0.1) is 0 Å². The van der Waals surface area contributed by atoms with Gasteiger partial charge in [0.1, 0.15) is 12.4 Å². The van der Waals surface area contributed by atoms with Crippen LogP contribution in [-0.2, 0) is 13.0 Å². The average molecular weight is 392 g/mol. The fraction of sp³-hybridized carbons (Fsp3) is 0.0952. The van der Waals surface area contributed by atoms with E-state index in [1.54, 1.807) is 4.52 Å². The molecule has 2 heterocycles. The second kappa shape index (κ2) is 8.10. The number of hydrogen-bond donors (Lipinski definition) is 1. The monoisotopic (exact) mass is 391 g/mol. The molecular weight excluding hydrogens is 374 g/mol. The number of benzene rings is 2. The Balaban J connectivity index is 1.50. The minimum atomic E-state index is 0.260. The van der Waals surface area contributed by atoms with Crippen molar-refractivity contribution in [2.24, 2.45) is 0 Å². The Morgan fingerprint density at radius 2 is 1.93 bits per heavy atom. The molecule has 1 N–H and O–H groups in total. The fourth-order valence-electron chi connectivity index (χ4n) is 2.74. The molecule has 0 aliphatic carbocycles. The number of rotatable bonds is 7. The van der Waals surface area contributed by atoms with Crippen molar-refractivity contribution in [2.75, 3.05) is 5.32 Å². The SMILES string of the molecule is C=CCc1ccc(OCc2nnc3ccc(Nc4cccc(Cl)c4)nn23)cc1. The molecule has 2 aromatic carbocycles. The standard InChI is InChI=1S/C21H18ClN5O/c1-2-4-15-7-9-18(10-8-15)28-14-21-25-24-20-12-11-19(26-27(20)21)23-17-6-3-5-16(22)13-17/h2-3,5-13H,1,4,14H2,(H,23,26). The third-order valence-electron chi connectivity index (χ3n) is 4.10. The van der Waals surface area contributed by atoms with E-state index in [0.717, 1.165) is 17.9 Å². The van der Waals surface area contributed by atoms with E-state index in [9.17, 15) is 0 Å². The second-order valence-electron chi connectivity index (χ2n) is 6.17. The van der Waals surface area contributed by atoms with Crippen LogP contribution in [0, 0.1) is 0 Å². The Morgan fingerprint density at radius 1 is 1.07 bits per heavy atom. The Labute approximate surface area is 167 Å². The number of fused-ring (bicyclic) bond motifs is 1. The van der Waals surface area contributed by atoms with Gasteiger partial charge >= 0.3 is 0 Å². The molecule has 0 radical (unpaired) electrons. The zero-order valence-electron chi connectivity index (χ0n) is 15.0. The van der Waals surface area contributed by atoms with Gasteiger partial charge in [0.25, 0.3) is 0 Å². The quantitative estimate of drug-likeness (QED) is 0.457. The van der Waals surface area contributed by atoms with Crippen LogP contribution in [0.1, 0.15) is 11.4 Å². The van der Waals surface area contributed by atoms with Crippen LogP contribution in [0.2, 0.25) is 5.02 Å². The number of allylic oxidation sites excluding steroid dienone is 1.